The molecule has 28 heavy (non-hydrogen) atoms. The second kappa shape index (κ2) is 10.2. The molecule has 1 N–H and O–H groups in total. The van der Waals surface area contributed by atoms with Gasteiger partial charge < -0.3 is 14.6 Å². The maximum absolute atomic E-state index is 12.4. The summed E-state index contributed by atoms with van der Waals surface area (Å²) in [6.07, 6.45) is 4.13. The van der Waals surface area contributed by atoms with Crippen LogP contribution >= 0.6 is 23.2 Å². The highest BCUT2D eigenvalue weighted by molar-refractivity contribution is 6.55. The summed E-state index contributed by atoms with van der Waals surface area (Å²) in [5.74, 6) is -0.587. The number of halogens is 2. The Morgan fingerprint density at radius 2 is 1.96 bits per heavy atom. The number of carboxylic acid groups (broad SMARTS) is 1. The maximum atomic E-state index is 12.4. The number of allylic oxidation sites excluding steroid dienone is 1. The Morgan fingerprint density at radius 3 is 2.64 bits per heavy atom. The van der Waals surface area contributed by atoms with E-state index in [9.17, 15) is 9.59 Å². The van der Waals surface area contributed by atoms with Crippen molar-refractivity contribution in [2.24, 2.45) is 17.3 Å². The Balaban J connectivity index is 1.76. The van der Waals surface area contributed by atoms with E-state index in [0.29, 0.717) is 18.8 Å². The standard InChI is InChI=1S/C21H26Cl2O5/c1-21(2)16(12-17(22)23)19(21)20(26)28-13-14-7-6-8-15(11-14)27-10-5-3-4-9-18(24)25/h6-8,11-12,16,19H,3-5,9-10,13H2,1-2H3,(H,24,25). The molecule has 1 aromatic rings. The van der Waals surface area contributed by atoms with Gasteiger partial charge >= 0.3 is 11.9 Å². The van der Waals surface area contributed by atoms with E-state index in [0.717, 1.165) is 18.4 Å². The number of aliphatic carboxylic acids is 1. The molecular weight excluding hydrogens is 403 g/mol. The van der Waals surface area contributed by atoms with Crippen molar-refractivity contribution in [3.05, 3.63) is 40.4 Å². The molecule has 1 aromatic carbocycles. The largest absolute Gasteiger partial charge is 0.494 e. The number of ether oxygens (including phenoxy) is 2. The Morgan fingerprint density at radius 1 is 1.21 bits per heavy atom. The zero-order chi connectivity index (χ0) is 20.7. The van der Waals surface area contributed by atoms with Crippen LogP contribution in [-0.2, 0) is 20.9 Å². The minimum atomic E-state index is -0.772. The molecule has 1 aliphatic carbocycles. The Hall–Kier alpha value is -1.72. The van der Waals surface area contributed by atoms with Crippen LogP contribution in [0.1, 0.15) is 45.1 Å². The van der Waals surface area contributed by atoms with Gasteiger partial charge in [0, 0.05) is 6.42 Å². The molecule has 7 heteroatoms. The van der Waals surface area contributed by atoms with E-state index < -0.39 is 5.97 Å². The van der Waals surface area contributed by atoms with Crippen molar-refractivity contribution in [3.8, 4) is 5.75 Å². The summed E-state index contributed by atoms with van der Waals surface area (Å²) in [7, 11) is 0. The smallest absolute Gasteiger partial charge is 0.310 e. The number of carboxylic acids is 1. The molecule has 1 aliphatic rings. The molecular formula is C21H26Cl2O5. The van der Waals surface area contributed by atoms with Crippen LogP contribution in [0, 0.1) is 17.3 Å². The normalized spacial score (nSPS) is 19.6. The zero-order valence-electron chi connectivity index (χ0n) is 16.1. The molecule has 0 heterocycles. The second-order valence-corrected chi connectivity index (χ2v) is 8.60. The number of hydrogen-bond donors (Lipinski definition) is 1. The van der Waals surface area contributed by atoms with Crippen molar-refractivity contribution < 1.29 is 24.2 Å². The van der Waals surface area contributed by atoms with E-state index in [2.05, 4.69) is 0 Å². The van der Waals surface area contributed by atoms with Crippen molar-refractivity contribution in [2.75, 3.05) is 6.61 Å². The van der Waals surface area contributed by atoms with Gasteiger partial charge in [0.2, 0.25) is 0 Å². The molecule has 0 spiro atoms. The average molecular weight is 429 g/mol. The maximum Gasteiger partial charge on any atom is 0.310 e. The fourth-order valence-electron chi connectivity index (χ4n) is 3.29. The number of carbonyl (C=O) groups excluding carboxylic acids is 1. The number of hydrogen-bond acceptors (Lipinski definition) is 4. The van der Waals surface area contributed by atoms with Crippen LogP contribution in [0.3, 0.4) is 0 Å². The lowest BCUT2D eigenvalue weighted by molar-refractivity contribution is -0.147. The third-order valence-corrected chi connectivity index (χ3v) is 5.31. The Labute approximate surface area is 175 Å². The molecule has 0 aromatic heterocycles. The predicted octanol–water partition coefficient (Wildman–Crippen LogP) is 5.34. The summed E-state index contributed by atoms with van der Waals surface area (Å²) in [6.45, 7) is 4.67. The minimum absolute atomic E-state index is 0.0132. The van der Waals surface area contributed by atoms with Gasteiger partial charge in [0.15, 0.2) is 0 Å². The van der Waals surface area contributed by atoms with E-state index in [4.69, 9.17) is 37.8 Å². The van der Waals surface area contributed by atoms with Gasteiger partial charge in [-0.15, -0.1) is 0 Å². The molecule has 0 aliphatic heterocycles. The molecule has 2 atom stereocenters. The summed E-state index contributed by atoms with van der Waals surface area (Å²) in [5.41, 5.74) is 0.634. The molecule has 0 amide bonds. The lowest BCUT2D eigenvalue weighted by Crippen LogP contribution is -2.10. The van der Waals surface area contributed by atoms with Gasteiger partial charge in [0.25, 0.3) is 0 Å². The second-order valence-electron chi connectivity index (χ2n) is 7.59. The highest BCUT2D eigenvalue weighted by Crippen LogP contribution is 2.60. The van der Waals surface area contributed by atoms with Crippen molar-refractivity contribution in [3.63, 3.8) is 0 Å². The lowest BCUT2D eigenvalue weighted by Gasteiger charge is -2.09. The molecule has 0 bridgehead atoms. The zero-order valence-corrected chi connectivity index (χ0v) is 17.6. The monoisotopic (exact) mass is 428 g/mol. The first kappa shape index (κ1) is 22.6. The highest BCUT2D eigenvalue weighted by atomic mass is 35.5. The number of unbranched alkanes of at least 4 members (excludes halogenated alkanes) is 2. The minimum Gasteiger partial charge on any atom is -0.494 e. The summed E-state index contributed by atoms with van der Waals surface area (Å²) in [6, 6.07) is 7.41. The van der Waals surface area contributed by atoms with Crippen LogP contribution in [0.25, 0.3) is 0 Å². The number of carbonyl (C=O) groups is 2. The van der Waals surface area contributed by atoms with E-state index in [1.807, 2.05) is 38.1 Å². The van der Waals surface area contributed by atoms with Crippen LogP contribution in [0.15, 0.2) is 34.8 Å². The molecule has 1 saturated carbocycles. The van der Waals surface area contributed by atoms with Crippen LogP contribution in [0.2, 0.25) is 0 Å². The molecule has 2 unspecified atom stereocenters. The van der Waals surface area contributed by atoms with E-state index in [1.54, 1.807) is 6.08 Å². The molecule has 0 radical (unpaired) electrons. The summed E-state index contributed by atoms with van der Waals surface area (Å²) < 4.78 is 11.3. The van der Waals surface area contributed by atoms with Crippen LogP contribution < -0.4 is 4.74 Å². The summed E-state index contributed by atoms with van der Waals surface area (Å²) >= 11 is 11.4. The molecule has 5 nitrogen and oxygen atoms in total. The first-order valence-corrected chi connectivity index (χ1v) is 10.1. The summed E-state index contributed by atoms with van der Waals surface area (Å²) in [5, 5.41) is 8.61. The van der Waals surface area contributed by atoms with Gasteiger partial charge in [0.05, 0.1) is 12.5 Å². The predicted molar refractivity (Wildman–Crippen MR) is 108 cm³/mol. The van der Waals surface area contributed by atoms with Crippen molar-refractivity contribution in [1.82, 2.24) is 0 Å². The average Bonchev–Trinajstić information content (AvgIpc) is 3.15. The fraction of sp³-hybridized carbons (Fsp3) is 0.524. The fourth-order valence-corrected chi connectivity index (χ4v) is 3.56. The van der Waals surface area contributed by atoms with Crippen molar-refractivity contribution in [2.45, 2.75) is 46.1 Å². The highest BCUT2D eigenvalue weighted by Gasteiger charge is 2.61. The van der Waals surface area contributed by atoms with E-state index >= 15 is 0 Å². The first-order valence-electron chi connectivity index (χ1n) is 9.35. The lowest BCUT2D eigenvalue weighted by atomic mass is 10.1. The molecule has 2 rings (SSSR count). The van der Waals surface area contributed by atoms with Gasteiger partial charge in [-0.2, -0.15) is 0 Å². The molecule has 154 valence electrons. The SMILES string of the molecule is CC1(C)C(C=C(Cl)Cl)C1C(=O)OCc1cccc(OCCCCCC(=O)O)c1. The van der Waals surface area contributed by atoms with Crippen LogP contribution in [0.4, 0.5) is 0 Å². The van der Waals surface area contributed by atoms with Gasteiger partial charge in [-0.1, -0.05) is 49.2 Å². The van der Waals surface area contributed by atoms with Crippen molar-refractivity contribution in [1.29, 1.82) is 0 Å². The van der Waals surface area contributed by atoms with Crippen molar-refractivity contribution >= 4 is 35.1 Å². The van der Waals surface area contributed by atoms with E-state index in [-0.39, 0.29) is 40.7 Å². The molecule has 0 saturated heterocycles. The van der Waals surface area contributed by atoms with Crippen LogP contribution in [0.5, 0.6) is 5.75 Å². The topological polar surface area (TPSA) is 72.8 Å². The Bertz CT molecular complexity index is 725. The number of benzene rings is 1. The first-order chi connectivity index (χ1) is 13.2. The molecule has 1 fully saturated rings. The van der Waals surface area contributed by atoms with Gasteiger partial charge in [0.1, 0.15) is 16.8 Å². The summed E-state index contributed by atoms with van der Waals surface area (Å²) in [4.78, 5) is 22.8. The van der Waals surface area contributed by atoms with Gasteiger partial charge in [-0.3, -0.25) is 9.59 Å². The quantitative estimate of drug-likeness (QED) is 0.380. The van der Waals surface area contributed by atoms with E-state index in [1.165, 1.54) is 0 Å². The number of rotatable bonds is 11. The van der Waals surface area contributed by atoms with Gasteiger partial charge in [-0.25, -0.2) is 0 Å². The number of esters is 1. The van der Waals surface area contributed by atoms with Gasteiger partial charge in [-0.05, 0) is 54.4 Å². The third-order valence-electron chi connectivity index (χ3n) is 5.05. The van der Waals surface area contributed by atoms with Crippen LogP contribution in [-0.4, -0.2) is 23.7 Å². The third kappa shape index (κ3) is 6.71. The Kier molecular flexibility index (Phi) is 8.20.